The summed E-state index contributed by atoms with van der Waals surface area (Å²) in [6.45, 7) is 3.44. The third-order valence-electron chi connectivity index (χ3n) is 1.12. The van der Waals surface area contributed by atoms with Gasteiger partial charge in [0.15, 0.2) is 0 Å². The van der Waals surface area contributed by atoms with Gasteiger partial charge in [0.1, 0.15) is 0 Å². The molecule has 0 aliphatic heterocycles. The van der Waals surface area contributed by atoms with Gasteiger partial charge in [-0.25, -0.2) is 0 Å². The molecule has 11 heavy (non-hydrogen) atoms. The molecule has 0 aliphatic rings. The number of carbonyl (C=O) groups excluding carboxylic acids is 1. The third-order valence-corrected chi connectivity index (χ3v) is 1.12. The van der Waals surface area contributed by atoms with Gasteiger partial charge in [0, 0.05) is 7.11 Å². The van der Waals surface area contributed by atoms with E-state index in [1.54, 1.807) is 0 Å². The van der Waals surface area contributed by atoms with Crippen molar-refractivity contribution in [3.8, 4) is 0 Å². The summed E-state index contributed by atoms with van der Waals surface area (Å²) >= 11 is 0. The van der Waals surface area contributed by atoms with E-state index in [-0.39, 0.29) is 18.6 Å². The van der Waals surface area contributed by atoms with Gasteiger partial charge in [-0.2, -0.15) is 0 Å². The van der Waals surface area contributed by atoms with Crippen LogP contribution in [0.4, 0.5) is 0 Å². The van der Waals surface area contributed by atoms with Crippen LogP contribution in [0.25, 0.3) is 0 Å². The number of aliphatic hydroxyl groups excluding tert-OH is 1. The van der Waals surface area contributed by atoms with Crippen LogP contribution in [0.1, 0.15) is 0 Å². The fourth-order valence-electron chi connectivity index (χ4n) is 0.601. The standard InChI is InChI=1S/C7H13NO3/c1-3-7(10)8-6(4-9)5-11-2/h3,6,9H,1,4-5H2,2H3,(H,8,10). The minimum Gasteiger partial charge on any atom is -0.394 e. The Bertz CT molecular complexity index is 136. The summed E-state index contributed by atoms with van der Waals surface area (Å²) in [5, 5.41) is 11.2. The average molecular weight is 159 g/mol. The van der Waals surface area contributed by atoms with E-state index in [2.05, 4.69) is 11.9 Å². The minimum absolute atomic E-state index is 0.132. The second-order valence-electron chi connectivity index (χ2n) is 2.05. The van der Waals surface area contributed by atoms with Crippen LogP contribution in [0.5, 0.6) is 0 Å². The predicted octanol–water partition coefficient (Wildman–Crippen LogP) is -0.704. The molecular weight excluding hydrogens is 146 g/mol. The lowest BCUT2D eigenvalue weighted by Crippen LogP contribution is -2.39. The number of amides is 1. The monoisotopic (exact) mass is 159 g/mol. The van der Waals surface area contributed by atoms with Crippen LogP contribution in [0, 0.1) is 0 Å². The van der Waals surface area contributed by atoms with Crippen molar-refractivity contribution in [3.05, 3.63) is 12.7 Å². The molecule has 0 fully saturated rings. The van der Waals surface area contributed by atoms with Gasteiger partial charge in [-0.15, -0.1) is 0 Å². The van der Waals surface area contributed by atoms with E-state index >= 15 is 0 Å². The number of hydrogen-bond donors (Lipinski definition) is 2. The molecule has 4 heteroatoms. The number of hydrogen-bond acceptors (Lipinski definition) is 3. The van der Waals surface area contributed by atoms with E-state index in [9.17, 15) is 4.79 Å². The van der Waals surface area contributed by atoms with Crippen LogP contribution < -0.4 is 5.32 Å². The quantitative estimate of drug-likeness (QED) is 0.521. The van der Waals surface area contributed by atoms with Gasteiger partial charge < -0.3 is 15.2 Å². The molecule has 0 aromatic carbocycles. The molecule has 0 aromatic heterocycles. The van der Waals surface area contributed by atoms with Crippen LogP contribution in [0.15, 0.2) is 12.7 Å². The van der Waals surface area contributed by atoms with Crippen molar-refractivity contribution in [1.29, 1.82) is 0 Å². The van der Waals surface area contributed by atoms with Crippen molar-refractivity contribution >= 4 is 5.91 Å². The van der Waals surface area contributed by atoms with E-state index in [0.717, 1.165) is 6.08 Å². The molecule has 0 aromatic rings. The number of carbonyl (C=O) groups is 1. The zero-order valence-electron chi connectivity index (χ0n) is 6.54. The molecule has 2 N–H and O–H groups in total. The highest BCUT2D eigenvalue weighted by atomic mass is 16.5. The first-order valence-corrected chi connectivity index (χ1v) is 3.27. The lowest BCUT2D eigenvalue weighted by molar-refractivity contribution is -0.117. The maximum absolute atomic E-state index is 10.7. The molecule has 0 saturated heterocycles. The number of ether oxygens (including phenoxy) is 1. The molecule has 0 aliphatic carbocycles. The Morgan fingerprint density at radius 3 is 2.91 bits per heavy atom. The number of rotatable bonds is 5. The maximum Gasteiger partial charge on any atom is 0.243 e. The van der Waals surface area contributed by atoms with Crippen molar-refractivity contribution in [1.82, 2.24) is 5.32 Å². The van der Waals surface area contributed by atoms with Gasteiger partial charge in [-0.05, 0) is 6.08 Å². The fourth-order valence-corrected chi connectivity index (χ4v) is 0.601. The summed E-state index contributed by atoms with van der Waals surface area (Å²) in [5.41, 5.74) is 0. The Balaban J connectivity index is 3.67. The van der Waals surface area contributed by atoms with E-state index in [1.165, 1.54) is 7.11 Å². The molecule has 0 rings (SSSR count). The van der Waals surface area contributed by atoms with Gasteiger partial charge in [0.05, 0.1) is 19.3 Å². The van der Waals surface area contributed by atoms with Crippen molar-refractivity contribution in [2.45, 2.75) is 6.04 Å². The van der Waals surface area contributed by atoms with Crippen molar-refractivity contribution in [3.63, 3.8) is 0 Å². The topological polar surface area (TPSA) is 58.6 Å². The number of nitrogens with one attached hydrogen (secondary N) is 1. The summed E-state index contributed by atoms with van der Waals surface area (Å²) in [6.07, 6.45) is 1.15. The second kappa shape index (κ2) is 5.88. The zero-order valence-corrected chi connectivity index (χ0v) is 6.54. The summed E-state index contributed by atoms with van der Waals surface area (Å²) < 4.78 is 4.73. The number of aliphatic hydroxyl groups is 1. The lowest BCUT2D eigenvalue weighted by Gasteiger charge is -2.12. The Kier molecular flexibility index (Phi) is 5.42. The Morgan fingerprint density at radius 1 is 1.91 bits per heavy atom. The highest BCUT2D eigenvalue weighted by Crippen LogP contribution is 1.83. The lowest BCUT2D eigenvalue weighted by atomic mass is 10.3. The number of methoxy groups -OCH3 is 1. The SMILES string of the molecule is C=CC(=O)NC(CO)COC. The fraction of sp³-hybridized carbons (Fsp3) is 0.571. The molecule has 64 valence electrons. The summed E-state index contributed by atoms with van der Waals surface area (Å²) in [6, 6.07) is -0.342. The summed E-state index contributed by atoms with van der Waals surface area (Å²) in [7, 11) is 1.50. The van der Waals surface area contributed by atoms with Crippen molar-refractivity contribution in [2.75, 3.05) is 20.3 Å². The van der Waals surface area contributed by atoms with E-state index in [4.69, 9.17) is 9.84 Å². The van der Waals surface area contributed by atoms with Gasteiger partial charge >= 0.3 is 0 Å². The molecule has 0 radical (unpaired) electrons. The molecule has 0 heterocycles. The summed E-state index contributed by atoms with van der Waals surface area (Å²) in [5.74, 6) is -0.305. The first-order valence-electron chi connectivity index (χ1n) is 3.27. The molecule has 0 spiro atoms. The molecule has 1 unspecified atom stereocenters. The van der Waals surface area contributed by atoms with Crippen molar-refractivity contribution < 1.29 is 14.6 Å². The van der Waals surface area contributed by atoms with Gasteiger partial charge in [0.25, 0.3) is 0 Å². The Hall–Kier alpha value is -0.870. The van der Waals surface area contributed by atoms with Crippen LogP contribution >= 0.6 is 0 Å². The normalized spacial score (nSPS) is 12.2. The van der Waals surface area contributed by atoms with E-state index in [0.29, 0.717) is 6.61 Å². The molecule has 4 nitrogen and oxygen atoms in total. The molecule has 1 atom stereocenters. The predicted molar refractivity (Wildman–Crippen MR) is 41.1 cm³/mol. The molecule has 0 bridgehead atoms. The highest BCUT2D eigenvalue weighted by Gasteiger charge is 2.07. The maximum atomic E-state index is 10.7. The minimum atomic E-state index is -0.342. The van der Waals surface area contributed by atoms with Crippen LogP contribution in [0.2, 0.25) is 0 Å². The van der Waals surface area contributed by atoms with E-state index in [1.807, 2.05) is 0 Å². The van der Waals surface area contributed by atoms with Crippen LogP contribution in [0.3, 0.4) is 0 Å². The molecule has 1 amide bonds. The Morgan fingerprint density at radius 2 is 2.55 bits per heavy atom. The zero-order chi connectivity index (χ0) is 8.69. The first kappa shape index (κ1) is 10.1. The largest absolute Gasteiger partial charge is 0.394 e. The van der Waals surface area contributed by atoms with E-state index < -0.39 is 0 Å². The second-order valence-corrected chi connectivity index (χ2v) is 2.05. The third kappa shape index (κ3) is 4.52. The first-order chi connectivity index (χ1) is 5.24. The molecular formula is C7H13NO3. The van der Waals surface area contributed by atoms with Crippen LogP contribution in [-0.4, -0.2) is 37.4 Å². The van der Waals surface area contributed by atoms with Crippen molar-refractivity contribution in [2.24, 2.45) is 0 Å². The smallest absolute Gasteiger partial charge is 0.243 e. The molecule has 0 saturated carbocycles. The van der Waals surface area contributed by atoms with Gasteiger partial charge in [0.2, 0.25) is 5.91 Å². The van der Waals surface area contributed by atoms with Gasteiger partial charge in [-0.1, -0.05) is 6.58 Å². The summed E-state index contributed by atoms with van der Waals surface area (Å²) in [4.78, 5) is 10.7. The highest BCUT2D eigenvalue weighted by molar-refractivity contribution is 5.87. The average Bonchev–Trinajstić information content (AvgIpc) is 2.03. The van der Waals surface area contributed by atoms with Crippen LogP contribution in [-0.2, 0) is 9.53 Å². The Labute approximate surface area is 65.9 Å². The van der Waals surface area contributed by atoms with Gasteiger partial charge in [-0.3, -0.25) is 4.79 Å².